The molecule has 1 aliphatic carbocycles. The van der Waals surface area contributed by atoms with E-state index in [0.717, 1.165) is 45.1 Å². The van der Waals surface area contributed by atoms with Crippen molar-refractivity contribution in [2.24, 2.45) is 28.3 Å². The van der Waals surface area contributed by atoms with Crippen molar-refractivity contribution >= 4 is 39.2 Å². The zero-order valence-electron chi connectivity index (χ0n) is 23.1. The number of benzene rings is 2. The molecular weight excluding hydrogens is 544 g/mol. The number of carbonyl (C=O) groups excluding carboxylic acids is 1. The van der Waals surface area contributed by atoms with Gasteiger partial charge in [-0.3, -0.25) is 9.59 Å². The lowest BCUT2D eigenvalue weighted by Crippen LogP contribution is -2.55. The molecule has 12 heteroatoms. The Kier molecular flexibility index (Phi) is 10.4. The summed E-state index contributed by atoms with van der Waals surface area (Å²) in [6.45, 7) is 0.848. The molecule has 0 aromatic heterocycles. The zero-order chi connectivity index (χ0) is 29.4. The Balaban J connectivity index is 1.53. The first-order valence-corrected chi connectivity index (χ1v) is 15.7. The third kappa shape index (κ3) is 8.51. The number of nitrogens with zero attached hydrogens (tertiary/aromatic N) is 1. The first-order valence-electron chi connectivity index (χ1n) is 14.2. The number of carboxylic acid groups (broad SMARTS) is 1. The van der Waals surface area contributed by atoms with Gasteiger partial charge in [0.1, 0.15) is 0 Å². The predicted octanol–water partition coefficient (Wildman–Crippen LogP) is 3.30. The molecule has 2 aromatic carbocycles. The van der Waals surface area contributed by atoms with Crippen molar-refractivity contribution in [3.8, 4) is 0 Å². The summed E-state index contributed by atoms with van der Waals surface area (Å²) in [7, 11) is -4.10. The van der Waals surface area contributed by atoms with Gasteiger partial charge in [-0.1, -0.05) is 37.8 Å². The fourth-order valence-corrected chi connectivity index (χ4v) is 7.45. The standard InChI is InChI=1S/C29H40N6O5S/c30-29(31)34-21-11-5-10-20(16-21)28(38)33-22-12-6-13-23(17-22)41(39,40)35-25(18-26(36)37)24-14-7-15-32-27(24)19-8-3-1-2-4-9-19/h5-6,10-13,16-17,19,24-25,27,32,35H,1-4,7-9,14-15,18H2,(H,33,38)(H,36,37)(H4,30,31,34). The summed E-state index contributed by atoms with van der Waals surface area (Å²) in [4.78, 5) is 28.6. The number of aliphatic carboxylic acids is 1. The Hall–Kier alpha value is -3.48. The molecule has 1 amide bonds. The van der Waals surface area contributed by atoms with Gasteiger partial charge in [-0.05, 0) is 80.5 Å². The number of anilines is 1. The maximum absolute atomic E-state index is 13.6. The van der Waals surface area contributed by atoms with E-state index in [-0.39, 0.29) is 40.5 Å². The molecule has 41 heavy (non-hydrogen) atoms. The largest absolute Gasteiger partial charge is 0.481 e. The highest BCUT2D eigenvalue weighted by molar-refractivity contribution is 7.89. The maximum Gasteiger partial charge on any atom is 0.304 e. The third-order valence-electron chi connectivity index (χ3n) is 7.95. The highest BCUT2D eigenvalue weighted by Gasteiger charge is 2.39. The lowest BCUT2D eigenvalue weighted by atomic mass is 9.75. The average molecular weight is 585 g/mol. The van der Waals surface area contributed by atoms with Crippen molar-refractivity contribution in [2.45, 2.75) is 74.8 Å². The van der Waals surface area contributed by atoms with E-state index in [4.69, 9.17) is 11.5 Å². The monoisotopic (exact) mass is 584 g/mol. The number of nitrogens with two attached hydrogens (primary N) is 2. The zero-order valence-corrected chi connectivity index (χ0v) is 23.9. The minimum absolute atomic E-state index is 0.0604. The minimum Gasteiger partial charge on any atom is -0.481 e. The maximum atomic E-state index is 13.6. The first-order chi connectivity index (χ1) is 19.6. The second-order valence-corrected chi connectivity index (χ2v) is 12.6. The summed E-state index contributed by atoms with van der Waals surface area (Å²) in [5, 5.41) is 16.0. The Morgan fingerprint density at radius 1 is 1.00 bits per heavy atom. The van der Waals surface area contributed by atoms with Gasteiger partial charge >= 0.3 is 5.97 Å². The van der Waals surface area contributed by atoms with Crippen molar-refractivity contribution in [1.82, 2.24) is 10.0 Å². The van der Waals surface area contributed by atoms with E-state index in [9.17, 15) is 23.1 Å². The van der Waals surface area contributed by atoms with E-state index in [1.165, 1.54) is 37.1 Å². The number of piperidine rings is 1. The van der Waals surface area contributed by atoms with Crippen LogP contribution in [-0.4, -0.2) is 50.0 Å². The molecule has 2 aromatic rings. The number of hydrogen-bond acceptors (Lipinski definition) is 6. The third-order valence-corrected chi connectivity index (χ3v) is 9.44. The first kappa shape index (κ1) is 30.5. The van der Waals surface area contributed by atoms with E-state index < -0.39 is 27.9 Å². The molecule has 1 saturated carbocycles. The highest BCUT2D eigenvalue weighted by Crippen LogP contribution is 2.35. The van der Waals surface area contributed by atoms with Gasteiger partial charge in [-0.2, -0.15) is 0 Å². The van der Waals surface area contributed by atoms with Crippen molar-refractivity contribution in [2.75, 3.05) is 11.9 Å². The van der Waals surface area contributed by atoms with Crippen LogP contribution >= 0.6 is 0 Å². The number of carbonyl (C=O) groups is 2. The normalized spacial score (nSPS) is 20.9. The molecule has 3 atom stereocenters. The van der Waals surface area contributed by atoms with Crippen molar-refractivity contribution < 1.29 is 23.1 Å². The van der Waals surface area contributed by atoms with E-state index in [0.29, 0.717) is 11.6 Å². The van der Waals surface area contributed by atoms with Gasteiger partial charge in [-0.25, -0.2) is 18.1 Å². The van der Waals surface area contributed by atoms with Crippen LogP contribution in [0.15, 0.2) is 58.4 Å². The van der Waals surface area contributed by atoms with Gasteiger partial charge in [-0.15, -0.1) is 0 Å². The van der Waals surface area contributed by atoms with Gasteiger partial charge in [0.2, 0.25) is 10.0 Å². The Bertz CT molecular complexity index is 1350. The van der Waals surface area contributed by atoms with Crippen LogP contribution in [0.1, 0.15) is 68.1 Å². The summed E-state index contributed by atoms with van der Waals surface area (Å²) in [5.74, 6) is -1.40. The Morgan fingerprint density at radius 2 is 1.73 bits per heavy atom. The molecule has 0 radical (unpaired) electrons. The van der Waals surface area contributed by atoms with Gasteiger partial charge in [0.15, 0.2) is 5.96 Å². The minimum atomic E-state index is -4.10. The van der Waals surface area contributed by atoms with Gasteiger partial charge < -0.3 is 27.2 Å². The summed E-state index contributed by atoms with van der Waals surface area (Å²) < 4.78 is 29.9. The summed E-state index contributed by atoms with van der Waals surface area (Å²) in [6, 6.07) is 11.6. The van der Waals surface area contributed by atoms with E-state index in [1.54, 1.807) is 24.3 Å². The predicted molar refractivity (Wildman–Crippen MR) is 158 cm³/mol. The molecule has 1 aliphatic heterocycles. The van der Waals surface area contributed by atoms with Crippen LogP contribution in [0.25, 0.3) is 0 Å². The van der Waals surface area contributed by atoms with E-state index in [2.05, 4.69) is 20.3 Å². The summed E-state index contributed by atoms with van der Waals surface area (Å²) in [5.41, 5.74) is 11.8. The molecule has 1 saturated heterocycles. The van der Waals surface area contributed by atoms with Crippen molar-refractivity contribution in [3.63, 3.8) is 0 Å². The van der Waals surface area contributed by atoms with Gasteiger partial charge in [0.05, 0.1) is 17.0 Å². The molecule has 222 valence electrons. The lowest BCUT2D eigenvalue weighted by Gasteiger charge is -2.41. The number of sulfonamides is 1. The second kappa shape index (κ2) is 13.9. The molecule has 1 heterocycles. The van der Waals surface area contributed by atoms with Crippen molar-refractivity contribution in [3.05, 3.63) is 54.1 Å². The lowest BCUT2D eigenvalue weighted by molar-refractivity contribution is -0.138. The summed E-state index contributed by atoms with van der Waals surface area (Å²) in [6.07, 6.45) is 8.12. The molecule has 3 unspecified atom stereocenters. The molecule has 4 rings (SSSR count). The molecule has 11 nitrogen and oxygen atoms in total. The topological polar surface area (TPSA) is 189 Å². The van der Waals surface area contributed by atoms with Gasteiger partial charge in [0.25, 0.3) is 5.91 Å². The molecular formula is C29H40N6O5S. The van der Waals surface area contributed by atoms with Crippen LogP contribution in [0.2, 0.25) is 0 Å². The number of carboxylic acids is 1. The number of nitrogens with one attached hydrogen (secondary N) is 3. The average Bonchev–Trinajstić information content (AvgIpc) is 3.22. The molecule has 0 spiro atoms. The molecule has 2 aliphatic rings. The van der Waals surface area contributed by atoms with Crippen LogP contribution < -0.4 is 26.8 Å². The SMILES string of the molecule is NC(N)=Nc1cccc(C(=O)Nc2cccc(S(=O)(=O)NC(CC(=O)O)C3CCCNC3C3CCCCCC3)c2)c1. The second-order valence-electron chi connectivity index (χ2n) is 10.9. The highest BCUT2D eigenvalue weighted by atomic mass is 32.2. The number of amides is 1. The van der Waals surface area contributed by atoms with E-state index >= 15 is 0 Å². The number of hydrogen-bond donors (Lipinski definition) is 6. The number of aliphatic imine (C=N–C) groups is 1. The molecule has 0 bridgehead atoms. The van der Waals surface area contributed by atoms with Crippen molar-refractivity contribution in [1.29, 1.82) is 0 Å². The Morgan fingerprint density at radius 3 is 2.44 bits per heavy atom. The Labute approximate surface area is 241 Å². The van der Waals surface area contributed by atoms with Gasteiger partial charge in [0, 0.05) is 23.3 Å². The van der Waals surface area contributed by atoms with Crippen LogP contribution in [0.3, 0.4) is 0 Å². The fourth-order valence-electron chi connectivity index (χ4n) is 6.12. The smallest absolute Gasteiger partial charge is 0.304 e. The molecule has 8 N–H and O–H groups in total. The number of guanidine groups is 1. The van der Waals surface area contributed by atoms with Crippen LogP contribution in [0, 0.1) is 11.8 Å². The van der Waals surface area contributed by atoms with Crippen LogP contribution in [-0.2, 0) is 14.8 Å². The van der Waals surface area contributed by atoms with Crippen LogP contribution in [0.5, 0.6) is 0 Å². The van der Waals surface area contributed by atoms with Crippen LogP contribution in [0.4, 0.5) is 11.4 Å². The summed E-state index contributed by atoms with van der Waals surface area (Å²) >= 11 is 0. The van der Waals surface area contributed by atoms with E-state index in [1.807, 2.05) is 0 Å². The quantitative estimate of drug-likeness (QED) is 0.139. The molecule has 2 fully saturated rings. The number of rotatable bonds is 10. The fraction of sp³-hybridized carbons (Fsp3) is 0.483.